The Balaban J connectivity index is 2.68. The summed E-state index contributed by atoms with van der Waals surface area (Å²) in [4.78, 5) is 10.2. The van der Waals surface area contributed by atoms with Crippen molar-refractivity contribution in [2.45, 2.75) is 6.92 Å². The zero-order chi connectivity index (χ0) is 9.97. The normalized spacial score (nSPS) is 10.1. The summed E-state index contributed by atoms with van der Waals surface area (Å²) in [6.07, 6.45) is 0. The maximum absolute atomic E-state index is 10.2. The summed E-state index contributed by atoms with van der Waals surface area (Å²) in [5.74, 6) is 0.624. The van der Waals surface area contributed by atoms with E-state index in [0.717, 1.165) is 16.3 Å². The lowest BCUT2D eigenvalue weighted by Crippen LogP contribution is -1.91. The Bertz CT molecular complexity index is 475. The first kappa shape index (κ1) is 8.75. The van der Waals surface area contributed by atoms with E-state index in [-0.39, 0.29) is 0 Å². The first-order valence-electron chi connectivity index (χ1n) is 4.41. The van der Waals surface area contributed by atoms with E-state index < -0.39 is 0 Å². The van der Waals surface area contributed by atoms with Crippen LogP contribution in [0.25, 0.3) is 10.8 Å². The lowest BCUT2D eigenvalue weighted by atomic mass is 10.1. The van der Waals surface area contributed by atoms with E-state index in [1.807, 2.05) is 43.3 Å². The minimum Gasteiger partial charge on any atom is -0.428 e. The number of carbonyl (C=O) groups excluding carboxylic acids is 1. The fraction of sp³-hybridized carbons (Fsp3) is 0.0833. The molecule has 0 aliphatic carbocycles. The SMILES string of the molecule is Cc1c(OC=O)ccc2ccccc12. The molecular weight excluding hydrogens is 176 g/mol. The van der Waals surface area contributed by atoms with Crippen LogP contribution in [0.1, 0.15) is 5.56 Å². The Hall–Kier alpha value is -1.83. The second kappa shape index (κ2) is 3.50. The maximum Gasteiger partial charge on any atom is 0.298 e. The van der Waals surface area contributed by atoms with Crippen molar-refractivity contribution in [3.63, 3.8) is 0 Å². The van der Waals surface area contributed by atoms with Crippen molar-refractivity contribution in [3.05, 3.63) is 42.0 Å². The van der Waals surface area contributed by atoms with E-state index in [0.29, 0.717) is 12.2 Å². The van der Waals surface area contributed by atoms with E-state index in [9.17, 15) is 4.79 Å². The summed E-state index contributed by atoms with van der Waals surface area (Å²) in [6.45, 7) is 2.40. The molecule has 0 radical (unpaired) electrons. The Morgan fingerprint density at radius 1 is 1.14 bits per heavy atom. The predicted molar refractivity (Wildman–Crippen MR) is 55.4 cm³/mol. The number of hydrogen-bond acceptors (Lipinski definition) is 2. The van der Waals surface area contributed by atoms with E-state index in [2.05, 4.69) is 0 Å². The van der Waals surface area contributed by atoms with E-state index in [1.165, 1.54) is 0 Å². The zero-order valence-electron chi connectivity index (χ0n) is 7.86. The van der Waals surface area contributed by atoms with Gasteiger partial charge in [0.05, 0.1) is 0 Å². The van der Waals surface area contributed by atoms with Crippen LogP contribution in [0.5, 0.6) is 5.75 Å². The van der Waals surface area contributed by atoms with Gasteiger partial charge < -0.3 is 4.74 Å². The quantitative estimate of drug-likeness (QED) is 0.674. The molecule has 0 saturated heterocycles. The average molecular weight is 186 g/mol. The predicted octanol–water partition coefficient (Wildman–Crippen LogP) is 2.68. The van der Waals surface area contributed by atoms with Gasteiger partial charge in [0.2, 0.25) is 0 Å². The molecule has 2 aromatic carbocycles. The van der Waals surface area contributed by atoms with Crippen molar-refractivity contribution >= 4 is 17.2 Å². The Morgan fingerprint density at radius 2 is 1.93 bits per heavy atom. The van der Waals surface area contributed by atoms with Crippen molar-refractivity contribution in [1.29, 1.82) is 0 Å². The molecule has 0 bridgehead atoms. The lowest BCUT2D eigenvalue weighted by molar-refractivity contribution is -0.120. The molecule has 14 heavy (non-hydrogen) atoms. The number of fused-ring (bicyclic) bond motifs is 1. The molecule has 0 amide bonds. The van der Waals surface area contributed by atoms with Gasteiger partial charge in [0.15, 0.2) is 0 Å². The molecule has 0 aliphatic rings. The van der Waals surface area contributed by atoms with Crippen molar-refractivity contribution in [3.8, 4) is 5.75 Å². The molecule has 0 aliphatic heterocycles. The van der Waals surface area contributed by atoms with Gasteiger partial charge in [-0.3, -0.25) is 4.79 Å². The van der Waals surface area contributed by atoms with Crippen molar-refractivity contribution in [1.82, 2.24) is 0 Å². The van der Waals surface area contributed by atoms with Gasteiger partial charge >= 0.3 is 0 Å². The summed E-state index contributed by atoms with van der Waals surface area (Å²) >= 11 is 0. The lowest BCUT2D eigenvalue weighted by Gasteiger charge is -2.06. The van der Waals surface area contributed by atoms with Crippen LogP contribution in [-0.4, -0.2) is 6.47 Å². The van der Waals surface area contributed by atoms with Crippen molar-refractivity contribution < 1.29 is 9.53 Å². The molecule has 0 unspecified atom stereocenters. The third-order valence-electron chi connectivity index (χ3n) is 2.32. The molecule has 2 heteroatoms. The van der Waals surface area contributed by atoms with Crippen molar-refractivity contribution in [2.75, 3.05) is 0 Å². The summed E-state index contributed by atoms with van der Waals surface area (Å²) in [5.41, 5.74) is 0.996. The van der Waals surface area contributed by atoms with Gasteiger partial charge in [-0.1, -0.05) is 30.3 Å². The number of carbonyl (C=O) groups is 1. The minimum atomic E-state index is 0.455. The third-order valence-corrected chi connectivity index (χ3v) is 2.32. The highest BCUT2D eigenvalue weighted by atomic mass is 16.5. The van der Waals surface area contributed by atoms with Gasteiger partial charge in [0.25, 0.3) is 6.47 Å². The van der Waals surface area contributed by atoms with E-state index >= 15 is 0 Å². The monoisotopic (exact) mass is 186 g/mol. The summed E-state index contributed by atoms with van der Waals surface area (Å²) < 4.78 is 4.86. The number of hydrogen-bond donors (Lipinski definition) is 0. The molecule has 0 saturated carbocycles. The topological polar surface area (TPSA) is 26.3 Å². The second-order valence-corrected chi connectivity index (χ2v) is 3.12. The molecule has 2 nitrogen and oxygen atoms in total. The Labute approximate surface area is 82.1 Å². The molecule has 2 rings (SSSR count). The first-order valence-corrected chi connectivity index (χ1v) is 4.41. The van der Waals surface area contributed by atoms with Crippen LogP contribution in [0.15, 0.2) is 36.4 Å². The summed E-state index contributed by atoms with van der Waals surface area (Å²) in [6, 6.07) is 11.8. The van der Waals surface area contributed by atoms with Gasteiger partial charge in [-0.2, -0.15) is 0 Å². The van der Waals surface area contributed by atoms with Gasteiger partial charge in [-0.25, -0.2) is 0 Å². The number of benzene rings is 2. The maximum atomic E-state index is 10.2. The zero-order valence-corrected chi connectivity index (χ0v) is 7.86. The average Bonchev–Trinajstić information content (AvgIpc) is 2.23. The molecule has 0 heterocycles. The highest BCUT2D eigenvalue weighted by Crippen LogP contribution is 2.26. The number of aryl methyl sites for hydroxylation is 1. The van der Waals surface area contributed by atoms with Crippen LogP contribution in [0.3, 0.4) is 0 Å². The highest BCUT2D eigenvalue weighted by molar-refractivity contribution is 5.87. The molecule has 0 fully saturated rings. The highest BCUT2D eigenvalue weighted by Gasteiger charge is 2.02. The standard InChI is InChI=1S/C12H10O2/c1-9-11-5-3-2-4-10(11)6-7-12(9)14-8-13/h2-8H,1H3. The van der Waals surface area contributed by atoms with Gasteiger partial charge in [0, 0.05) is 0 Å². The number of rotatable bonds is 2. The Kier molecular flexibility index (Phi) is 2.19. The van der Waals surface area contributed by atoms with Crippen LogP contribution >= 0.6 is 0 Å². The van der Waals surface area contributed by atoms with Crippen LogP contribution in [0, 0.1) is 6.92 Å². The molecule has 0 N–H and O–H groups in total. The minimum absolute atomic E-state index is 0.455. The largest absolute Gasteiger partial charge is 0.428 e. The molecule has 70 valence electrons. The molecule has 0 spiro atoms. The van der Waals surface area contributed by atoms with Crippen LogP contribution < -0.4 is 4.74 Å². The molecular formula is C12H10O2. The van der Waals surface area contributed by atoms with Crippen molar-refractivity contribution in [2.24, 2.45) is 0 Å². The smallest absolute Gasteiger partial charge is 0.298 e. The fourth-order valence-corrected chi connectivity index (χ4v) is 1.59. The molecule has 0 aromatic heterocycles. The second-order valence-electron chi connectivity index (χ2n) is 3.12. The third kappa shape index (κ3) is 1.35. The molecule has 2 aromatic rings. The van der Waals surface area contributed by atoms with Gasteiger partial charge in [-0.05, 0) is 29.3 Å². The van der Waals surface area contributed by atoms with Gasteiger partial charge in [0.1, 0.15) is 5.75 Å². The fourth-order valence-electron chi connectivity index (χ4n) is 1.59. The van der Waals surface area contributed by atoms with Gasteiger partial charge in [-0.15, -0.1) is 0 Å². The first-order chi connectivity index (χ1) is 6.83. The van der Waals surface area contributed by atoms with Crippen LogP contribution in [0.2, 0.25) is 0 Å². The summed E-state index contributed by atoms with van der Waals surface area (Å²) in [7, 11) is 0. The molecule has 0 atom stereocenters. The van der Waals surface area contributed by atoms with E-state index in [1.54, 1.807) is 0 Å². The summed E-state index contributed by atoms with van der Waals surface area (Å²) in [5, 5.41) is 2.27. The van der Waals surface area contributed by atoms with E-state index in [4.69, 9.17) is 4.74 Å². The Morgan fingerprint density at radius 3 is 2.71 bits per heavy atom. The number of ether oxygens (including phenoxy) is 1. The van der Waals surface area contributed by atoms with Crippen LogP contribution in [-0.2, 0) is 4.79 Å². The van der Waals surface area contributed by atoms with Crippen LogP contribution in [0.4, 0.5) is 0 Å².